The first kappa shape index (κ1) is 15.9. The van der Waals surface area contributed by atoms with Gasteiger partial charge in [0, 0.05) is 5.56 Å². The van der Waals surface area contributed by atoms with Crippen molar-refractivity contribution in [1.82, 2.24) is 15.2 Å². The van der Waals surface area contributed by atoms with Crippen molar-refractivity contribution < 1.29 is 9.72 Å². The summed E-state index contributed by atoms with van der Waals surface area (Å²) in [6, 6.07) is 4.96. The second kappa shape index (κ2) is 7.01. The van der Waals surface area contributed by atoms with Gasteiger partial charge < -0.3 is 0 Å². The van der Waals surface area contributed by atoms with Gasteiger partial charge in [-0.15, -0.1) is 0 Å². The van der Waals surface area contributed by atoms with Gasteiger partial charge in [-0.05, 0) is 12.1 Å². The fourth-order valence-electron chi connectivity index (χ4n) is 1.52. The third kappa shape index (κ3) is 4.03. The molecule has 0 aliphatic carbocycles. The molecule has 114 valence electrons. The first-order valence-electron chi connectivity index (χ1n) is 5.90. The molecular formula is C12H9Cl2N5O3. The van der Waals surface area contributed by atoms with Gasteiger partial charge in [0.25, 0.3) is 5.91 Å². The molecule has 0 atom stereocenters. The van der Waals surface area contributed by atoms with E-state index < -0.39 is 10.8 Å². The molecule has 2 aromatic rings. The Morgan fingerprint density at radius 3 is 2.73 bits per heavy atom. The molecule has 22 heavy (non-hydrogen) atoms. The summed E-state index contributed by atoms with van der Waals surface area (Å²) in [6.07, 6.45) is 3.52. The summed E-state index contributed by atoms with van der Waals surface area (Å²) in [5.74, 6) is -0.502. The number of hydrazone groups is 1. The Hall–Kier alpha value is -2.45. The Bertz CT molecular complexity index is 724. The number of nitrogens with one attached hydrogen (secondary N) is 1. The molecule has 10 heteroatoms. The highest BCUT2D eigenvalue weighted by Gasteiger charge is 2.10. The maximum absolute atomic E-state index is 11.6. The van der Waals surface area contributed by atoms with Crippen LogP contribution in [0.2, 0.25) is 10.0 Å². The van der Waals surface area contributed by atoms with E-state index in [4.69, 9.17) is 23.2 Å². The maximum Gasteiger partial charge on any atom is 0.307 e. The van der Waals surface area contributed by atoms with Crippen LogP contribution < -0.4 is 5.43 Å². The van der Waals surface area contributed by atoms with Gasteiger partial charge in [-0.25, -0.2) is 5.43 Å². The van der Waals surface area contributed by atoms with E-state index in [0.29, 0.717) is 15.6 Å². The lowest BCUT2D eigenvalue weighted by Crippen LogP contribution is -2.23. The molecule has 0 aliphatic rings. The zero-order chi connectivity index (χ0) is 16.1. The van der Waals surface area contributed by atoms with Gasteiger partial charge in [0.05, 0.1) is 21.2 Å². The topological polar surface area (TPSA) is 102 Å². The molecule has 1 aromatic heterocycles. The summed E-state index contributed by atoms with van der Waals surface area (Å²) >= 11 is 11.9. The van der Waals surface area contributed by atoms with Crippen molar-refractivity contribution in [2.24, 2.45) is 5.10 Å². The quantitative estimate of drug-likeness (QED) is 0.511. The largest absolute Gasteiger partial charge is 0.307 e. The minimum absolute atomic E-state index is 0.195. The third-order valence-electron chi connectivity index (χ3n) is 2.52. The Morgan fingerprint density at radius 1 is 1.45 bits per heavy atom. The van der Waals surface area contributed by atoms with Gasteiger partial charge in [0.15, 0.2) is 0 Å². The molecule has 0 radical (unpaired) electrons. The number of halogens is 2. The van der Waals surface area contributed by atoms with Crippen molar-refractivity contribution in [3.05, 3.63) is 56.3 Å². The minimum atomic E-state index is -0.598. The monoisotopic (exact) mass is 341 g/mol. The summed E-state index contributed by atoms with van der Waals surface area (Å²) in [5, 5.41) is 18.7. The minimum Gasteiger partial charge on any atom is -0.271 e. The van der Waals surface area contributed by atoms with Crippen LogP contribution in [0.15, 0.2) is 35.7 Å². The molecule has 0 saturated carbocycles. The molecule has 0 aliphatic heterocycles. The number of carbonyl (C=O) groups excluding carboxylic acids is 1. The van der Waals surface area contributed by atoms with Crippen LogP contribution in [-0.4, -0.2) is 26.8 Å². The molecule has 8 nitrogen and oxygen atoms in total. The molecule has 1 heterocycles. The predicted octanol–water partition coefficient (Wildman–Crippen LogP) is 2.25. The maximum atomic E-state index is 11.6. The molecule has 2 rings (SSSR count). The number of hydrogen-bond acceptors (Lipinski definition) is 5. The number of benzene rings is 1. The summed E-state index contributed by atoms with van der Waals surface area (Å²) in [4.78, 5) is 21.5. The number of rotatable bonds is 5. The number of nitro groups is 1. The van der Waals surface area contributed by atoms with E-state index >= 15 is 0 Å². The molecule has 0 fully saturated rings. The van der Waals surface area contributed by atoms with E-state index in [1.165, 1.54) is 6.21 Å². The molecular weight excluding hydrogens is 333 g/mol. The summed E-state index contributed by atoms with van der Waals surface area (Å²) in [6.45, 7) is -0.207. The first-order chi connectivity index (χ1) is 10.5. The normalized spacial score (nSPS) is 10.8. The van der Waals surface area contributed by atoms with E-state index in [9.17, 15) is 14.9 Å². The van der Waals surface area contributed by atoms with Crippen LogP contribution >= 0.6 is 23.2 Å². The smallest absolute Gasteiger partial charge is 0.271 e. The van der Waals surface area contributed by atoms with Gasteiger partial charge in [-0.1, -0.05) is 29.3 Å². The Morgan fingerprint density at radius 2 is 2.14 bits per heavy atom. The van der Waals surface area contributed by atoms with E-state index in [1.54, 1.807) is 18.2 Å². The number of nitrogens with zero attached hydrogens (tertiary/aromatic N) is 4. The lowest BCUT2D eigenvalue weighted by Gasteiger charge is -2.01. The van der Waals surface area contributed by atoms with Crippen LogP contribution in [0.25, 0.3) is 0 Å². The van der Waals surface area contributed by atoms with Gasteiger partial charge >= 0.3 is 5.69 Å². The average Bonchev–Trinajstić information content (AvgIpc) is 2.91. The van der Waals surface area contributed by atoms with Crippen LogP contribution in [0.3, 0.4) is 0 Å². The Balaban J connectivity index is 1.95. The molecule has 0 bridgehead atoms. The highest BCUT2D eigenvalue weighted by molar-refractivity contribution is 6.38. The van der Waals surface area contributed by atoms with E-state index in [-0.39, 0.29) is 12.2 Å². The van der Waals surface area contributed by atoms with Crippen molar-refractivity contribution >= 4 is 41.0 Å². The summed E-state index contributed by atoms with van der Waals surface area (Å²) < 4.78 is 1.13. The SMILES string of the molecule is O=C(Cn1cc([N+](=O)[O-])cn1)N/N=C\c1c(Cl)cccc1Cl. The molecule has 1 aromatic carbocycles. The lowest BCUT2D eigenvalue weighted by atomic mass is 10.2. The van der Waals surface area contributed by atoms with Crippen molar-refractivity contribution in [1.29, 1.82) is 0 Å². The summed E-state index contributed by atoms with van der Waals surface area (Å²) in [7, 11) is 0. The van der Waals surface area contributed by atoms with Crippen LogP contribution in [0.1, 0.15) is 5.56 Å². The number of hydrogen-bond donors (Lipinski definition) is 1. The molecule has 0 saturated heterocycles. The van der Waals surface area contributed by atoms with Gasteiger partial charge in [0.1, 0.15) is 18.9 Å². The zero-order valence-electron chi connectivity index (χ0n) is 10.9. The van der Waals surface area contributed by atoms with Crippen LogP contribution in [0.4, 0.5) is 5.69 Å². The second-order valence-electron chi connectivity index (χ2n) is 4.08. The van der Waals surface area contributed by atoms with Crippen molar-refractivity contribution in [2.75, 3.05) is 0 Å². The first-order valence-corrected chi connectivity index (χ1v) is 6.65. The Labute approximate surface area is 134 Å². The van der Waals surface area contributed by atoms with Crippen molar-refractivity contribution in [3.8, 4) is 0 Å². The fraction of sp³-hybridized carbons (Fsp3) is 0.0833. The molecule has 0 unspecified atom stereocenters. The molecule has 1 amide bonds. The van der Waals surface area contributed by atoms with E-state index in [2.05, 4.69) is 15.6 Å². The zero-order valence-corrected chi connectivity index (χ0v) is 12.5. The highest BCUT2D eigenvalue weighted by atomic mass is 35.5. The molecule has 1 N–H and O–H groups in total. The van der Waals surface area contributed by atoms with Crippen molar-refractivity contribution in [2.45, 2.75) is 6.54 Å². The predicted molar refractivity (Wildman–Crippen MR) is 81.1 cm³/mol. The van der Waals surface area contributed by atoms with Crippen LogP contribution in [0.5, 0.6) is 0 Å². The van der Waals surface area contributed by atoms with Crippen molar-refractivity contribution in [3.63, 3.8) is 0 Å². The lowest BCUT2D eigenvalue weighted by molar-refractivity contribution is -0.385. The average molecular weight is 342 g/mol. The van der Waals surface area contributed by atoms with Gasteiger partial charge in [-0.2, -0.15) is 10.2 Å². The van der Waals surface area contributed by atoms with Gasteiger partial charge in [-0.3, -0.25) is 19.6 Å². The van der Waals surface area contributed by atoms with E-state index in [0.717, 1.165) is 17.1 Å². The summed E-state index contributed by atoms with van der Waals surface area (Å²) in [5.41, 5.74) is 2.53. The van der Waals surface area contributed by atoms with Crippen LogP contribution in [-0.2, 0) is 11.3 Å². The number of amides is 1. The van der Waals surface area contributed by atoms with E-state index in [1.807, 2.05) is 0 Å². The standard InChI is InChI=1S/C12H9Cl2N5O3/c13-10-2-1-3-11(14)9(10)5-15-17-12(20)7-18-6-8(4-16-18)19(21)22/h1-6H,7H2,(H,17,20)/b15-5-. The Kier molecular flexibility index (Phi) is 5.08. The number of carbonyl (C=O) groups is 1. The third-order valence-corrected chi connectivity index (χ3v) is 3.18. The molecule has 0 spiro atoms. The number of aromatic nitrogens is 2. The second-order valence-corrected chi connectivity index (χ2v) is 4.90. The highest BCUT2D eigenvalue weighted by Crippen LogP contribution is 2.21. The van der Waals surface area contributed by atoms with Crippen LogP contribution in [0, 0.1) is 10.1 Å². The van der Waals surface area contributed by atoms with Gasteiger partial charge in [0.2, 0.25) is 0 Å². The fourth-order valence-corrected chi connectivity index (χ4v) is 2.01.